The van der Waals surface area contributed by atoms with Gasteiger partial charge in [-0.1, -0.05) is 12.1 Å². The van der Waals surface area contributed by atoms with E-state index in [2.05, 4.69) is 9.97 Å². The Kier molecular flexibility index (Phi) is 9.78. The van der Waals surface area contributed by atoms with Gasteiger partial charge in [-0.2, -0.15) is 26.3 Å². The van der Waals surface area contributed by atoms with Gasteiger partial charge >= 0.3 is 12.4 Å². The van der Waals surface area contributed by atoms with Crippen molar-refractivity contribution in [3.8, 4) is 0 Å². The van der Waals surface area contributed by atoms with Crippen LogP contribution in [0.25, 0.3) is 0 Å². The molecule has 0 aliphatic carbocycles. The Morgan fingerprint density at radius 3 is 1.31 bits per heavy atom. The molecular weight excluding hydrogens is 743 g/mol. The molecule has 4 N–H and O–H groups in total. The Hall–Kier alpha value is -5.24. The number of carbonyl (C=O) groups excluding carboxylic acids is 2. The summed E-state index contributed by atoms with van der Waals surface area (Å²) >= 11 is 0. The van der Waals surface area contributed by atoms with Gasteiger partial charge in [0, 0.05) is 12.8 Å². The number of benzene rings is 2. The molecule has 20 heteroatoms. The van der Waals surface area contributed by atoms with Crippen molar-refractivity contribution in [1.82, 2.24) is 9.97 Å². The zero-order valence-electron chi connectivity index (χ0n) is 27.0. The van der Waals surface area contributed by atoms with Crippen LogP contribution < -0.4 is 20.1 Å². The number of Topliss-reactive ketones (excluding diaryl/α,β-unsaturated/α-hetero) is 2. The van der Waals surface area contributed by atoms with Crippen molar-refractivity contribution in [3.63, 3.8) is 0 Å². The minimum absolute atomic E-state index is 0.0360. The molecule has 276 valence electrons. The van der Waals surface area contributed by atoms with E-state index in [1.807, 2.05) is 0 Å². The fraction of sp³-hybridized carbons (Fsp3) is 0.250. The zero-order chi connectivity index (χ0) is 38.6. The maximum atomic E-state index is 13.0. The normalized spacial score (nSPS) is 17.9. The second kappa shape index (κ2) is 13.4. The number of alkyl halides is 6. The van der Waals surface area contributed by atoms with Crippen molar-refractivity contribution < 1.29 is 52.8 Å². The average molecular weight is 771 g/mol. The fourth-order valence-electron chi connectivity index (χ4n) is 5.70. The summed E-state index contributed by atoms with van der Waals surface area (Å²) in [6, 6.07) is 7.88. The van der Waals surface area contributed by atoms with E-state index in [1.165, 1.54) is 38.4 Å². The molecule has 2 aliphatic heterocycles. The average Bonchev–Trinajstić information content (AvgIpc) is 3.04. The number of hydrogen-bond acceptors (Lipinski definition) is 10. The molecule has 0 spiro atoms. The molecule has 0 radical (unpaired) electrons. The van der Waals surface area contributed by atoms with Crippen molar-refractivity contribution >= 4 is 54.4 Å². The summed E-state index contributed by atoms with van der Waals surface area (Å²) in [5, 5.41) is 0. The Morgan fingerprint density at radius 1 is 0.635 bits per heavy atom. The topological polar surface area (TPSA) is 187 Å². The molecule has 4 aromatic rings. The largest absolute Gasteiger partial charge is 0.416 e. The van der Waals surface area contributed by atoms with Gasteiger partial charge in [-0.05, 0) is 62.4 Å². The Bertz CT molecular complexity index is 2140. The van der Waals surface area contributed by atoms with Crippen LogP contribution in [0.1, 0.15) is 58.8 Å². The first-order chi connectivity index (χ1) is 24.0. The molecule has 0 unspecified atom stereocenters. The van der Waals surface area contributed by atoms with E-state index in [0.29, 0.717) is 12.1 Å². The number of nitrogens with two attached hydrogens (primary N) is 2. The highest BCUT2D eigenvalue weighted by molar-refractivity contribution is 7.93. The lowest BCUT2D eigenvalue weighted by molar-refractivity contribution is -0.138. The minimum atomic E-state index is -4.68. The van der Waals surface area contributed by atoms with E-state index < -0.39 is 65.4 Å². The molecule has 6 rings (SSSR count). The molecule has 2 aromatic carbocycles. The van der Waals surface area contributed by atoms with E-state index in [9.17, 15) is 52.8 Å². The number of hydrogen-bond donors (Lipinski definition) is 2. The lowest BCUT2D eigenvalue weighted by Crippen LogP contribution is -2.44. The standard InChI is InChI=1S/2C16H14F3N3O3S/c2*1-9-5-14(23)15-13(7-11(20)8-21-15)22(9)26(24,25)12-4-2-3-10(6-12)16(17,18)19/h2*2-4,6-9H,5,20H2,1H3/t2*9-/m10/s1. The van der Waals surface area contributed by atoms with E-state index in [4.69, 9.17) is 11.5 Å². The first-order valence-electron chi connectivity index (χ1n) is 15.0. The van der Waals surface area contributed by atoms with Gasteiger partial charge in [0.15, 0.2) is 11.6 Å². The van der Waals surface area contributed by atoms with Gasteiger partial charge in [-0.15, -0.1) is 0 Å². The number of nitrogens with zero attached hydrogens (tertiary/aromatic N) is 4. The number of anilines is 4. The Balaban J connectivity index is 0.000000201. The van der Waals surface area contributed by atoms with Gasteiger partial charge in [-0.3, -0.25) is 18.2 Å². The molecule has 0 bridgehead atoms. The quantitative estimate of drug-likeness (QED) is 0.244. The van der Waals surface area contributed by atoms with Crippen molar-refractivity contribution in [2.75, 3.05) is 20.1 Å². The first kappa shape index (κ1) is 38.0. The van der Waals surface area contributed by atoms with Gasteiger partial charge < -0.3 is 11.5 Å². The van der Waals surface area contributed by atoms with Crippen molar-refractivity contribution in [3.05, 3.63) is 95.6 Å². The van der Waals surface area contributed by atoms with Crippen LogP contribution in [0, 0.1) is 0 Å². The van der Waals surface area contributed by atoms with E-state index in [1.54, 1.807) is 0 Å². The third-order valence-electron chi connectivity index (χ3n) is 7.98. The molecule has 0 fully saturated rings. The van der Waals surface area contributed by atoms with Crippen LogP contribution in [0.3, 0.4) is 0 Å². The summed E-state index contributed by atoms with van der Waals surface area (Å²) in [7, 11) is -8.72. The molecule has 2 aromatic heterocycles. The van der Waals surface area contributed by atoms with Crippen LogP contribution in [0.2, 0.25) is 0 Å². The molecule has 0 amide bonds. The predicted molar refractivity (Wildman–Crippen MR) is 176 cm³/mol. The maximum absolute atomic E-state index is 13.0. The highest BCUT2D eigenvalue weighted by atomic mass is 32.2. The van der Waals surface area contributed by atoms with Gasteiger partial charge in [0.25, 0.3) is 20.0 Å². The van der Waals surface area contributed by atoms with Crippen LogP contribution in [-0.4, -0.2) is 50.5 Å². The molecule has 2 atom stereocenters. The summed E-state index contributed by atoms with van der Waals surface area (Å²) in [6.07, 6.45) is -7.19. The van der Waals surface area contributed by atoms with Crippen LogP contribution in [0.5, 0.6) is 0 Å². The number of pyridine rings is 2. The molecule has 2 aliphatic rings. The summed E-state index contributed by atoms with van der Waals surface area (Å²) < 4.78 is 132. The highest BCUT2D eigenvalue weighted by Crippen LogP contribution is 2.39. The van der Waals surface area contributed by atoms with Gasteiger partial charge in [0.1, 0.15) is 11.4 Å². The smallest absolute Gasteiger partial charge is 0.397 e. The van der Waals surface area contributed by atoms with E-state index in [-0.39, 0.29) is 58.5 Å². The number of sulfonamides is 2. The number of nitrogen functional groups attached to an aromatic ring is 2. The second-order valence-electron chi connectivity index (χ2n) is 11.9. The molecule has 52 heavy (non-hydrogen) atoms. The molecule has 12 nitrogen and oxygen atoms in total. The number of aromatic nitrogens is 2. The SMILES string of the molecule is C[C@@H]1CC(=O)c2ncc(N)cc2N1S(=O)(=O)c1cccc(C(F)(F)F)c1.C[C@H]1CC(=O)c2ncc(N)cc2N1S(=O)(=O)c1cccc(C(F)(F)F)c1. The van der Waals surface area contributed by atoms with Crippen LogP contribution in [-0.2, 0) is 32.4 Å². The third kappa shape index (κ3) is 7.25. The van der Waals surface area contributed by atoms with Gasteiger partial charge in [0.2, 0.25) is 0 Å². The molecule has 4 heterocycles. The van der Waals surface area contributed by atoms with Crippen LogP contribution >= 0.6 is 0 Å². The van der Waals surface area contributed by atoms with Crippen molar-refractivity contribution in [2.45, 2.75) is 60.9 Å². The lowest BCUT2D eigenvalue weighted by atomic mass is 10.0. The number of fused-ring (bicyclic) bond motifs is 2. The van der Waals surface area contributed by atoms with E-state index in [0.717, 1.165) is 45.0 Å². The van der Waals surface area contributed by atoms with E-state index >= 15 is 0 Å². The summed E-state index contributed by atoms with van der Waals surface area (Å²) in [6.45, 7) is 2.99. The predicted octanol–water partition coefficient (Wildman–Crippen LogP) is 5.71. The van der Waals surface area contributed by atoms with Gasteiger partial charge in [0.05, 0.1) is 68.1 Å². The zero-order valence-corrected chi connectivity index (χ0v) is 28.6. The number of carbonyl (C=O) groups is 2. The maximum Gasteiger partial charge on any atom is 0.416 e. The molecular formula is C32H28F6N6O6S2. The fourth-order valence-corrected chi connectivity index (χ4v) is 9.10. The Morgan fingerprint density at radius 2 is 0.981 bits per heavy atom. The van der Waals surface area contributed by atoms with Crippen LogP contribution in [0.15, 0.2) is 82.8 Å². The van der Waals surface area contributed by atoms with Crippen LogP contribution in [0.4, 0.5) is 49.1 Å². The first-order valence-corrected chi connectivity index (χ1v) is 17.9. The number of halogens is 6. The molecule has 0 saturated carbocycles. The second-order valence-corrected chi connectivity index (χ2v) is 15.5. The van der Waals surface area contributed by atoms with Gasteiger partial charge in [-0.25, -0.2) is 26.8 Å². The summed E-state index contributed by atoms with van der Waals surface area (Å²) in [5.74, 6) is -0.717. The lowest BCUT2D eigenvalue weighted by Gasteiger charge is -2.34. The molecule has 0 saturated heterocycles. The van der Waals surface area contributed by atoms with Crippen molar-refractivity contribution in [2.24, 2.45) is 0 Å². The number of rotatable bonds is 4. The minimum Gasteiger partial charge on any atom is -0.397 e. The Labute approximate surface area is 293 Å². The summed E-state index contributed by atoms with van der Waals surface area (Å²) in [4.78, 5) is 31.0. The van der Waals surface area contributed by atoms with Crippen molar-refractivity contribution in [1.29, 1.82) is 0 Å². The third-order valence-corrected chi connectivity index (χ3v) is 11.8. The number of ketones is 2. The monoisotopic (exact) mass is 770 g/mol. The summed E-state index contributed by atoms with van der Waals surface area (Å²) in [5.41, 5.74) is 9.20. The highest BCUT2D eigenvalue weighted by Gasteiger charge is 2.41.